The predicted molar refractivity (Wildman–Crippen MR) is 121 cm³/mol. The van der Waals surface area contributed by atoms with Crippen LogP contribution in [0, 0.1) is 12.7 Å². The zero-order valence-electron chi connectivity index (χ0n) is 19.1. The lowest BCUT2D eigenvalue weighted by molar-refractivity contribution is -0.236. The first-order chi connectivity index (χ1) is 15.3. The molecule has 0 aliphatic carbocycles. The summed E-state index contributed by atoms with van der Waals surface area (Å²) in [6.07, 6.45) is -5.82. The van der Waals surface area contributed by atoms with Crippen LogP contribution in [0.25, 0.3) is 10.9 Å². The van der Waals surface area contributed by atoms with Crippen molar-refractivity contribution in [2.45, 2.75) is 51.3 Å². The second-order valence-corrected chi connectivity index (χ2v) is 8.76. The summed E-state index contributed by atoms with van der Waals surface area (Å²) < 4.78 is 62.0. The van der Waals surface area contributed by atoms with Gasteiger partial charge in [0, 0.05) is 16.6 Å². The normalized spacial score (nSPS) is 14.9. The van der Waals surface area contributed by atoms with Crippen LogP contribution in [0.2, 0.25) is 0 Å². The first-order valence-corrected chi connectivity index (χ1v) is 10.3. The minimum Gasteiger partial charge on any atom is -0.496 e. The fraction of sp³-hybridized carbons (Fsp3) is 0.360. The molecular weight excluding hydrogens is 436 g/mol. The first kappa shape index (κ1) is 24.6. The highest BCUT2D eigenvalue weighted by Crippen LogP contribution is 2.45. The van der Waals surface area contributed by atoms with Crippen molar-refractivity contribution in [1.29, 1.82) is 0 Å². The Kier molecular flexibility index (Phi) is 6.53. The topological polar surface area (TPSA) is 54.7 Å². The lowest BCUT2D eigenvalue weighted by Gasteiger charge is -2.38. The van der Waals surface area contributed by atoms with E-state index in [9.17, 15) is 22.7 Å². The van der Waals surface area contributed by atoms with Crippen LogP contribution in [0.1, 0.15) is 38.4 Å². The molecule has 0 saturated heterocycles. The quantitative estimate of drug-likeness (QED) is 0.339. The highest BCUT2D eigenvalue weighted by molar-refractivity contribution is 5.98. The molecule has 1 aromatic heterocycles. The molecule has 0 aliphatic heterocycles. The van der Waals surface area contributed by atoms with E-state index in [1.807, 2.05) is 6.92 Å². The van der Waals surface area contributed by atoms with Crippen molar-refractivity contribution >= 4 is 22.3 Å². The molecular formula is C25H26F4N2O2. The van der Waals surface area contributed by atoms with E-state index in [1.54, 1.807) is 30.3 Å². The molecule has 3 aromatic rings. The molecule has 0 aliphatic rings. The van der Waals surface area contributed by atoms with Gasteiger partial charge in [-0.15, -0.1) is 0 Å². The van der Waals surface area contributed by atoms with Gasteiger partial charge in [0.25, 0.3) is 0 Å². The number of aliphatic hydroxyl groups is 1. The summed E-state index contributed by atoms with van der Waals surface area (Å²) in [4.78, 5) is 8.57. The van der Waals surface area contributed by atoms with Crippen molar-refractivity contribution in [1.82, 2.24) is 4.98 Å². The van der Waals surface area contributed by atoms with E-state index in [2.05, 4.69) is 9.98 Å². The van der Waals surface area contributed by atoms with Gasteiger partial charge in [-0.05, 0) is 68.1 Å². The summed E-state index contributed by atoms with van der Waals surface area (Å²) in [5.74, 6) is -0.380. The molecule has 3 rings (SSSR count). The van der Waals surface area contributed by atoms with Crippen LogP contribution in [-0.2, 0) is 5.41 Å². The third-order valence-corrected chi connectivity index (χ3v) is 5.79. The number of halogens is 4. The molecule has 0 saturated carbocycles. The summed E-state index contributed by atoms with van der Waals surface area (Å²) in [5, 5.41) is 11.6. The third-order valence-electron chi connectivity index (χ3n) is 5.79. The number of fused-ring (bicyclic) bond motifs is 1. The number of aromatic nitrogens is 1. The SMILES string of the molecule is COc1ccc(F)cc1C(C)(C)CC(O)(/C(C)=N/c1cccc2nc(C)ccc12)C(F)(F)F. The van der Waals surface area contributed by atoms with Gasteiger partial charge >= 0.3 is 6.18 Å². The Balaban J connectivity index is 2.11. The van der Waals surface area contributed by atoms with E-state index in [1.165, 1.54) is 27.0 Å². The van der Waals surface area contributed by atoms with E-state index in [-0.39, 0.29) is 17.0 Å². The average Bonchev–Trinajstić information content (AvgIpc) is 2.72. The number of nitrogens with zero attached hydrogens (tertiary/aromatic N) is 2. The number of methoxy groups -OCH3 is 1. The fourth-order valence-corrected chi connectivity index (χ4v) is 3.99. The van der Waals surface area contributed by atoms with Gasteiger partial charge in [0.05, 0.1) is 24.0 Å². The smallest absolute Gasteiger partial charge is 0.422 e. The summed E-state index contributed by atoms with van der Waals surface area (Å²) in [6.45, 7) is 5.95. The molecule has 176 valence electrons. The Morgan fingerprint density at radius 3 is 2.42 bits per heavy atom. The van der Waals surface area contributed by atoms with E-state index < -0.39 is 35.1 Å². The zero-order valence-corrected chi connectivity index (χ0v) is 19.1. The predicted octanol–water partition coefficient (Wildman–Crippen LogP) is 6.44. The van der Waals surface area contributed by atoms with Gasteiger partial charge in [-0.3, -0.25) is 9.98 Å². The van der Waals surface area contributed by atoms with E-state index in [0.717, 1.165) is 24.8 Å². The number of hydrogen-bond acceptors (Lipinski definition) is 4. The van der Waals surface area contributed by atoms with E-state index in [4.69, 9.17) is 4.74 Å². The molecule has 1 atom stereocenters. The molecule has 8 heteroatoms. The third kappa shape index (κ3) is 4.85. The van der Waals surface area contributed by atoms with Crippen LogP contribution in [0.3, 0.4) is 0 Å². The molecule has 0 amide bonds. The number of aryl methyl sites for hydroxylation is 1. The monoisotopic (exact) mass is 462 g/mol. The second kappa shape index (κ2) is 8.74. The Hall–Kier alpha value is -3.00. The summed E-state index contributed by atoms with van der Waals surface area (Å²) in [7, 11) is 1.35. The molecule has 0 radical (unpaired) electrons. The van der Waals surface area contributed by atoms with Crippen LogP contribution < -0.4 is 4.74 Å². The lowest BCUT2D eigenvalue weighted by Crippen LogP contribution is -2.54. The fourth-order valence-electron chi connectivity index (χ4n) is 3.99. The average molecular weight is 462 g/mol. The lowest BCUT2D eigenvalue weighted by atomic mass is 9.73. The molecule has 33 heavy (non-hydrogen) atoms. The number of ether oxygens (including phenoxy) is 1. The van der Waals surface area contributed by atoms with E-state index in [0.29, 0.717) is 10.9 Å². The maximum Gasteiger partial charge on any atom is 0.422 e. The van der Waals surface area contributed by atoms with Gasteiger partial charge in [0.15, 0.2) is 5.60 Å². The number of aliphatic imine (C=N–C) groups is 1. The minimum absolute atomic E-state index is 0.213. The summed E-state index contributed by atoms with van der Waals surface area (Å²) >= 11 is 0. The molecule has 0 bridgehead atoms. The van der Waals surface area contributed by atoms with Crippen molar-refractivity contribution in [3.05, 3.63) is 65.6 Å². The standard InChI is InChI=1S/C25H26F4N2O2/c1-15-9-11-18-20(30-15)7-6-8-21(18)31-16(2)24(32,25(27,28)29)14-23(3,4)19-13-17(26)10-12-22(19)33-5/h6-13,32H,14H2,1-5H3/b31-16+. The first-order valence-electron chi connectivity index (χ1n) is 10.3. The molecule has 2 aromatic carbocycles. The number of pyridine rings is 1. The number of rotatable bonds is 6. The van der Waals surface area contributed by atoms with Gasteiger partial charge in [0.2, 0.25) is 0 Å². The number of alkyl halides is 3. The number of benzene rings is 2. The largest absolute Gasteiger partial charge is 0.496 e. The Labute approximate surface area is 190 Å². The summed E-state index contributed by atoms with van der Waals surface area (Å²) in [6, 6.07) is 12.1. The molecule has 1 unspecified atom stereocenters. The summed E-state index contributed by atoms with van der Waals surface area (Å²) in [5.41, 5.74) is -3.28. The van der Waals surface area contributed by atoms with Crippen LogP contribution in [0.4, 0.5) is 23.2 Å². The highest BCUT2D eigenvalue weighted by Gasteiger charge is 2.58. The molecule has 0 spiro atoms. The minimum atomic E-state index is -5.03. The van der Waals surface area contributed by atoms with Gasteiger partial charge in [0.1, 0.15) is 11.6 Å². The zero-order chi connectivity index (χ0) is 24.6. The van der Waals surface area contributed by atoms with E-state index >= 15 is 0 Å². The molecule has 1 heterocycles. The maximum atomic E-state index is 14.3. The van der Waals surface area contributed by atoms with Crippen molar-refractivity contribution in [3.63, 3.8) is 0 Å². The van der Waals surface area contributed by atoms with Crippen molar-refractivity contribution in [2.75, 3.05) is 7.11 Å². The van der Waals surface area contributed by atoms with Gasteiger partial charge in [-0.1, -0.05) is 19.9 Å². The maximum absolute atomic E-state index is 14.3. The molecule has 1 N–H and O–H groups in total. The van der Waals surface area contributed by atoms with Gasteiger partial charge in [-0.2, -0.15) is 13.2 Å². The van der Waals surface area contributed by atoms with Gasteiger partial charge in [-0.25, -0.2) is 4.39 Å². The Morgan fingerprint density at radius 2 is 1.79 bits per heavy atom. The highest BCUT2D eigenvalue weighted by atomic mass is 19.4. The van der Waals surface area contributed by atoms with Gasteiger partial charge < -0.3 is 9.84 Å². The van der Waals surface area contributed by atoms with Crippen molar-refractivity contribution in [3.8, 4) is 5.75 Å². The number of hydrogen-bond donors (Lipinski definition) is 1. The van der Waals surface area contributed by atoms with Crippen LogP contribution in [-0.4, -0.2) is 34.7 Å². The molecule has 0 fully saturated rings. The second-order valence-electron chi connectivity index (χ2n) is 8.76. The van der Waals surface area contributed by atoms with Crippen molar-refractivity contribution in [2.24, 2.45) is 4.99 Å². The Morgan fingerprint density at radius 1 is 1.09 bits per heavy atom. The van der Waals surface area contributed by atoms with Crippen LogP contribution in [0.5, 0.6) is 5.75 Å². The van der Waals surface area contributed by atoms with Crippen LogP contribution >= 0.6 is 0 Å². The Bertz CT molecular complexity index is 1200. The van der Waals surface area contributed by atoms with Crippen molar-refractivity contribution < 1.29 is 27.4 Å². The van der Waals surface area contributed by atoms with Crippen LogP contribution in [0.15, 0.2) is 53.5 Å². The molecule has 4 nitrogen and oxygen atoms in total.